The minimum Gasteiger partial charge on any atom is -0.352 e. The maximum Gasteiger partial charge on any atom is 0.246 e. The number of fused-ring (bicyclic) bond motifs is 2. The molecule has 0 aromatic rings. The smallest absolute Gasteiger partial charge is 0.246 e. The Labute approximate surface area is 303 Å². The van der Waals surface area contributed by atoms with Crippen molar-refractivity contribution in [3.63, 3.8) is 0 Å². The number of nitrogens with one attached hydrogen (secondary N) is 2. The van der Waals surface area contributed by atoms with Crippen LogP contribution in [0.15, 0.2) is 94.7 Å². The van der Waals surface area contributed by atoms with E-state index in [0.29, 0.717) is 29.8 Å². The van der Waals surface area contributed by atoms with Crippen LogP contribution in [0.25, 0.3) is 0 Å². The summed E-state index contributed by atoms with van der Waals surface area (Å²) < 4.78 is 0. The SMILES string of the molecule is CC1=C[C@H](/C=C(C)/C=C/C=C(\C)C(=O)NC[C@@H]2CCN3CCC[C@@H]23)[C@@](C)(/C=C/C=C(C)/C=C/C=C(\C)C(=O)NC[C@H]2CCN3CCC[C@H]23)CC1. The van der Waals surface area contributed by atoms with E-state index >= 15 is 0 Å². The van der Waals surface area contributed by atoms with Crippen molar-refractivity contribution in [3.05, 3.63) is 94.7 Å². The van der Waals surface area contributed by atoms with E-state index < -0.39 is 0 Å². The van der Waals surface area contributed by atoms with E-state index in [9.17, 15) is 9.59 Å². The van der Waals surface area contributed by atoms with Gasteiger partial charge in [-0.1, -0.05) is 90.5 Å². The highest BCUT2D eigenvalue weighted by Crippen LogP contribution is 2.42. The van der Waals surface area contributed by atoms with E-state index in [0.717, 1.165) is 42.7 Å². The molecule has 2 N–H and O–H groups in total. The zero-order valence-corrected chi connectivity index (χ0v) is 31.8. The maximum absolute atomic E-state index is 12.8. The summed E-state index contributed by atoms with van der Waals surface area (Å²) in [5, 5.41) is 6.38. The van der Waals surface area contributed by atoms with Gasteiger partial charge in [0, 0.05) is 42.2 Å². The molecule has 0 radical (unpaired) electrons. The number of rotatable bonds is 13. The Morgan fingerprint density at radius 3 is 1.86 bits per heavy atom. The predicted molar refractivity (Wildman–Crippen MR) is 208 cm³/mol. The summed E-state index contributed by atoms with van der Waals surface area (Å²) in [5.74, 6) is 1.56. The Hall–Kier alpha value is -3.22. The van der Waals surface area contributed by atoms with Gasteiger partial charge in [-0.15, -0.1) is 0 Å². The van der Waals surface area contributed by atoms with Crippen LogP contribution in [0.1, 0.15) is 92.9 Å². The second kappa shape index (κ2) is 17.8. The largest absolute Gasteiger partial charge is 0.352 e. The zero-order chi connectivity index (χ0) is 35.7. The van der Waals surface area contributed by atoms with E-state index in [-0.39, 0.29) is 17.2 Å². The zero-order valence-electron chi connectivity index (χ0n) is 31.8. The molecular weight excluding hydrogens is 617 g/mol. The normalized spacial score (nSPS) is 31.6. The van der Waals surface area contributed by atoms with Crippen molar-refractivity contribution in [2.75, 3.05) is 39.3 Å². The number of hydrogen-bond donors (Lipinski definition) is 2. The van der Waals surface area contributed by atoms with Crippen molar-refractivity contribution in [1.82, 2.24) is 20.4 Å². The van der Waals surface area contributed by atoms with Crippen LogP contribution in [0.4, 0.5) is 0 Å². The monoisotopic (exact) mass is 681 g/mol. The summed E-state index contributed by atoms with van der Waals surface area (Å²) in [4.78, 5) is 30.7. The van der Waals surface area contributed by atoms with Crippen molar-refractivity contribution in [2.24, 2.45) is 23.2 Å². The molecule has 0 unspecified atom stereocenters. The highest BCUT2D eigenvalue weighted by molar-refractivity contribution is 5.93. The topological polar surface area (TPSA) is 64.7 Å². The van der Waals surface area contributed by atoms with Gasteiger partial charge in [0.1, 0.15) is 0 Å². The van der Waals surface area contributed by atoms with Gasteiger partial charge in [0.2, 0.25) is 11.8 Å². The van der Waals surface area contributed by atoms with Crippen LogP contribution in [0.5, 0.6) is 0 Å². The molecule has 0 saturated carbocycles. The van der Waals surface area contributed by atoms with Gasteiger partial charge in [0.05, 0.1) is 0 Å². The summed E-state index contributed by atoms with van der Waals surface area (Å²) >= 11 is 0. The van der Waals surface area contributed by atoms with E-state index in [1.165, 1.54) is 75.9 Å². The van der Waals surface area contributed by atoms with E-state index in [4.69, 9.17) is 0 Å². The molecule has 4 aliphatic heterocycles. The van der Waals surface area contributed by atoms with Crippen molar-refractivity contribution in [1.29, 1.82) is 0 Å². The maximum atomic E-state index is 12.8. The summed E-state index contributed by atoms with van der Waals surface area (Å²) in [5.41, 5.74) is 5.29. The van der Waals surface area contributed by atoms with Gasteiger partial charge < -0.3 is 20.4 Å². The quantitative estimate of drug-likeness (QED) is 0.118. The molecule has 2 amide bonds. The van der Waals surface area contributed by atoms with Crippen LogP contribution in [0.2, 0.25) is 0 Å². The Morgan fingerprint density at radius 2 is 1.30 bits per heavy atom. The third-order valence-electron chi connectivity index (χ3n) is 12.2. The molecule has 5 aliphatic rings. The van der Waals surface area contributed by atoms with Gasteiger partial charge in [-0.05, 0) is 129 Å². The first-order valence-corrected chi connectivity index (χ1v) is 19.5. The Bertz CT molecular complexity index is 1470. The molecule has 0 spiro atoms. The standard InChI is InChI=1S/C44H64N4O2/c1-32(12-7-15-35(4)42(49)45-30-37-20-26-47-24-10-17-40(37)47)14-9-22-44(6)23-19-34(3)29-39(44)28-33(2)13-8-16-36(5)43(50)46-31-38-21-27-48-25-11-18-41(38)48/h7-9,12-16,22,28-29,37-41H,10-11,17-21,23-27,30-31H2,1-6H3,(H,45,49)(H,46,50)/b12-7+,13-8+,22-9+,32-14+,33-28+,35-15+,36-16+/t37-,38+,39+,40-,41+,44+/m1/s1. The average molecular weight is 681 g/mol. The van der Waals surface area contributed by atoms with Crippen LogP contribution < -0.4 is 10.6 Å². The van der Waals surface area contributed by atoms with Crippen molar-refractivity contribution in [2.45, 2.75) is 105 Å². The molecule has 0 aromatic carbocycles. The van der Waals surface area contributed by atoms with Crippen molar-refractivity contribution in [3.8, 4) is 0 Å². The van der Waals surface area contributed by atoms with E-state index in [1.807, 2.05) is 38.2 Å². The lowest BCUT2D eigenvalue weighted by Gasteiger charge is -2.36. The van der Waals surface area contributed by atoms with Gasteiger partial charge in [0.15, 0.2) is 0 Å². The first-order valence-electron chi connectivity index (χ1n) is 19.5. The van der Waals surface area contributed by atoms with Crippen LogP contribution in [0.3, 0.4) is 0 Å². The minimum atomic E-state index is 0.0132. The van der Waals surface area contributed by atoms with Gasteiger partial charge in [0.25, 0.3) is 0 Å². The number of carbonyl (C=O) groups is 2. The van der Waals surface area contributed by atoms with Gasteiger partial charge in [-0.2, -0.15) is 0 Å². The summed E-state index contributed by atoms with van der Waals surface area (Å²) in [6.45, 7) is 19.0. The first-order chi connectivity index (χ1) is 24.0. The average Bonchev–Trinajstić information content (AvgIpc) is 3.89. The third-order valence-corrected chi connectivity index (χ3v) is 12.2. The molecule has 4 saturated heterocycles. The second-order valence-corrected chi connectivity index (χ2v) is 16.2. The highest BCUT2D eigenvalue weighted by atomic mass is 16.2. The van der Waals surface area contributed by atoms with Gasteiger partial charge in [-0.25, -0.2) is 0 Å². The molecule has 1 aliphatic carbocycles. The minimum absolute atomic E-state index is 0.0132. The lowest BCUT2D eigenvalue weighted by Crippen LogP contribution is -2.35. The van der Waals surface area contributed by atoms with E-state index in [2.05, 4.69) is 90.7 Å². The van der Waals surface area contributed by atoms with Gasteiger partial charge >= 0.3 is 0 Å². The molecular formula is C44H64N4O2. The Kier molecular flexibility index (Phi) is 13.5. The number of carbonyl (C=O) groups excluding carboxylic acids is 2. The molecule has 50 heavy (non-hydrogen) atoms. The van der Waals surface area contributed by atoms with E-state index in [1.54, 1.807) is 0 Å². The molecule has 0 bridgehead atoms. The van der Waals surface area contributed by atoms with Crippen molar-refractivity contribution >= 4 is 11.8 Å². The summed E-state index contributed by atoms with van der Waals surface area (Å²) in [6.07, 6.45) is 33.3. The van der Waals surface area contributed by atoms with Crippen molar-refractivity contribution < 1.29 is 9.59 Å². The molecule has 5 rings (SSSR count). The molecule has 0 aromatic heterocycles. The lowest BCUT2D eigenvalue weighted by atomic mass is 9.68. The first kappa shape index (κ1) is 38.0. The summed E-state index contributed by atoms with van der Waals surface area (Å²) in [7, 11) is 0. The fourth-order valence-electron chi connectivity index (χ4n) is 8.88. The molecule has 4 heterocycles. The van der Waals surface area contributed by atoms with Crippen LogP contribution in [-0.2, 0) is 9.59 Å². The molecule has 6 heteroatoms. The third kappa shape index (κ3) is 10.2. The lowest BCUT2D eigenvalue weighted by molar-refractivity contribution is -0.118. The number of allylic oxidation sites excluding steroid dienone is 14. The van der Waals surface area contributed by atoms with Crippen LogP contribution >= 0.6 is 0 Å². The molecule has 4 fully saturated rings. The molecule has 272 valence electrons. The highest BCUT2D eigenvalue weighted by Gasteiger charge is 2.38. The van der Waals surface area contributed by atoms with Crippen LogP contribution in [0, 0.1) is 23.2 Å². The number of hydrogen-bond acceptors (Lipinski definition) is 4. The molecule has 6 atom stereocenters. The Morgan fingerprint density at radius 1 is 0.760 bits per heavy atom. The Balaban J connectivity index is 1.10. The number of nitrogens with zero attached hydrogens (tertiary/aromatic N) is 2. The fourth-order valence-corrected chi connectivity index (χ4v) is 8.88. The van der Waals surface area contributed by atoms with Gasteiger partial charge in [-0.3, -0.25) is 9.59 Å². The number of amides is 2. The fraction of sp³-hybridized carbons (Fsp3) is 0.591. The second-order valence-electron chi connectivity index (χ2n) is 16.2. The molecule has 6 nitrogen and oxygen atoms in total. The summed E-state index contributed by atoms with van der Waals surface area (Å²) in [6, 6.07) is 1.34. The van der Waals surface area contributed by atoms with Crippen LogP contribution in [-0.4, -0.2) is 73.0 Å². The predicted octanol–water partition coefficient (Wildman–Crippen LogP) is 8.00.